The largest absolute Gasteiger partial charge is 0.333 e. The van der Waals surface area contributed by atoms with Gasteiger partial charge < -0.3 is 4.52 Å². The predicted molar refractivity (Wildman–Crippen MR) is 98.3 cm³/mol. The molecular formula is C17H18N4O3S2. The fourth-order valence-electron chi connectivity index (χ4n) is 3.02. The number of hydrogen-bond donors (Lipinski definition) is 0. The van der Waals surface area contributed by atoms with E-state index in [1.165, 1.54) is 15.6 Å². The molecule has 0 bridgehead atoms. The number of thiazole rings is 1. The Morgan fingerprint density at radius 3 is 2.38 bits per heavy atom. The molecule has 9 heteroatoms. The zero-order valence-corrected chi connectivity index (χ0v) is 16.1. The number of sulfonamides is 1. The number of hydrogen-bond acceptors (Lipinski definition) is 7. The van der Waals surface area contributed by atoms with Crippen LogP contribution in [0.25, 0.3) is 22.2 Å². The molecule has 0 amide bonds. The molecule has 0 atom stereocenters. The molecule has 2 aromatic heterocycles. The first-order valence-corrected chi connectivity index (χ1v) is 10.6. The number of benzene rings is 1. The molecule has 0 saturated carbocycles. The summed E-state index contributed by atoms with van der Waals surface area (Å²) in [5.74, 6) is 0.854. The maximum absolute atomic E-state index is 12.6. The van der Waals surface area contributed by atoms with Crippen LogP contribution in [0.5, 0.6) is 0 Å². The van der Waals surface area contributed by atoms with E-state index >= 15 is 0 Å². The molecule has 0 spiro atoms. The van der Waals surface area contributed by atoms with Crippen LogP contribution < -0.4 is 0 Å². The third-order valence-electron chi connectivity index (χ3n) is 4.34. The van der Waals surface area contributed by atoms with Crippen molar-refractivity contribution in [3.05, 3.63) is 35.0 Å². The van der Waals surface area contributed by atoms with E-state index in [4.69, 9.17) is 4.52 Å². The number of aromatic nitrogens is 3. The summed E-state index contributed by atoms with van der Waals surface area (Å²) in [6.45, 7) is 5.01. The molecular weight excluding hydrogens is 372 g/mol. The van der Waals surface area contributed by atoms with E-state index in [0.717, 1.165) is 28.4 Å². The Morgan fingerprint density at radius 2 is 1.77 bits per heavy atom. The van der Waals surface area contributed by atoms with Gasteiger partial charge >= 0.3 is 0 Å². The van der Waals surface area contributed by atoms with Crippen molar-refractivity contribution in [1.82, 2.24) is 19.4 Å². The minimum atomic E-state index is -3.42. The zero-order chi connectivity index (χ0) is 18.3. The van der Waals surface area contributed by atoms with Gasteiger partial charge in [0.2, 0.25) is 15.8 Å². The SMILES string of the molecule is Cc1nc(C)c(-c2nc(-c3ccc(S(=O)(=O)N4CCCC4)cc3)no2)s1. The van der Waals surface area contributed by atoms with Crippen LogP contribution in [0.2, 0.25) is 0 Å². The molecule has 3 aromatic rings. The maximum atomic E-state index is 12.6. The normalized spacial score (nSPS) is 15.6. The lowest BCUT2D eigenvalue weighted by molar-refractivity contribution is 0.433. The van der Waals surface area contributed by atoms with Crippen molar-refractivity contribution in [3.8, 4) is 22.2 Å². The van der Waals surface area contributed by atoms with E-state index in [2.05, 4.69) is 15.1 Å². The highest BCUT2D eigenvalue weighted by atomic mass is 32.2. The van der Waals surface area contributed by atoms with E-state index in [0.29, 0.717) is 35.3 Å². The van der Waals surface area contributed by atoms with Crippen LogP contribution in [-0.2, 0) is 10.0 Å². The van der Waals surface area contributed by atoms with Crippen molar-refractivity contribution in [1.29, 1.82) is 0 Å². The highest BCUT2D eigenvalue weighted by Crippen LogP contribution is 2.30. The Balaban J connectivity index is 1.61. The molecule has 26 heavy (non-hydrogen) atoms. The van der Waals surface area contributed by atoms with Crippen molar-refractivity contribution in [2.75, 3.05) is 13.1 Å². The molecule has 0 unspecified atom stereocenters. The first-order chi connectivity index (χ1) is 12.4. The van der Waals surface area contributed by atoms with Gasteiger partial charge in [-0.15, -0.1) is 11.3 Å². The van der Waals surface area contributed by atoms with Crippen LogP contribution in [-0.4, -0.2) is 40.9 Å². The lowest BCUT2D eigenvalue weighted by Gasteiger charge is -2.15. The van der Waals surface area contributed by atoms with Gasteiger partial charge in [0.05, 0.1) is 15.6 Å². The van der Waals surface area contributed by atoms with E-state index in [1.807, 2.05) is 13.8 Å². The summed E-state index contributed by atoms with van der Waals surface area (Å²) in [5, 5.41) is 4.95. The Hall–Kier alpha value is -2.10. The van der Waals surface area contributed by atoms with Crippen molar-refractivity contribution in [2.24, 2.45) is 0 Å². The molecule has 1 saturated heterocycles. The molecule has 0 radical (unpaired) electrons. The molecule has 1 fully saturated rings. The summed E-state index contributed by atoms with van der Waals surface area (Å²) >= 11 is 1.50. The number of aryl methyl sites for hydroxylation is 2. The number of rotatable bonds is 4. The van der Waals surface area contributed by atoms with E-state index in [1.54, 1.807) is 24.3 Å². The van der Waals surface area contributed by atoms with E-state index in [-0.39, 0.29) is 0 Å². The molecule has 1 aromatic carbocycles. The van der Waals surface area contributed by atoms with Gasteiger partial charge in [-0.2, -0.15) is 9.29 Å². The molecule has 0 N–H and O–H groups in total. The quantitative estimate of drug-likeness (QED) is 0.679. The predicted octanol–water partition coefficient (Wildman–Crippen LogP) is 3.26. The molecule has 3 heterocycles. The topological polar surface area (TPSA) is 89.2 Å². The molecule has 1 aliphatic rings. The third kappa shape index (κ3) is 3.06. The molecule has 1 aliphatic heterocycles. The van der Waals surface area contributed by atoms with Crippen molar-refractivity contribution < 1.29 is 12.9 Å². The fourth-order valence-corrected chi connectivity index (χ4v) is 5.37. The summed E-state index contributed by atoms with van der Waals surface area (Å²) in [7, 11) is -3.42. The van der Waals surface area contributed by atoms with Crippen LogP contribution in [0.15, 0.2) is 33.7 Å². The summed E-state index contributed by atoms with van der Waals surface area (Å²) in [6.07, 6.45) is 1.83. The second kappa shape index (κ2) is 6.57. The monoisotopic (exact) mass is 390 g/mol. The van der Waals surface area contributed by atoms with Crippen molar-refractivity contribution in [2.45, 2.75) is 31.6 Å². The van der Waals surface area contributed by atoms with Gasteiger partial charge in [0, 0.05) is 18.7 Å². The minimum absolute atomic E-state index is 0.292. The van der Waals surface area contributed by atoms with Crippen LogP contribution in [0.1, 0.15) is 23.5 Å². The van der Waals surface area contributed by atoms with E-state index in [9.17, 15) is 8.42 Å². The Morgan fingerprint density at radius 1 is 1.08 bits per heavy atom. The van der Waals surface area contributed by atoms with E-state index < -0.39 is 10.0 Å². The smallest absolute Gasteiger partial charge is 0.270 e. The first-order valence-electron chi connectivity index (χ1n) is 8.34. The minimum Gasteiger partial charge on any atom is -0.333 e. The highest BCUT2D eigenvalue weighted by Gasteiger charge is 2.27. The second-order valence-electron chi connectivity index (χ2n) is 6.21. The van der Waals surface area contributed by atoms with Crippen LogP contribution >= 0.6 is 11.3 Å². The van der Waals surface area contributed by atoms with Gasteiger partial charge in [-0.1, -0.05) is 5.16 Å². The van der Waals surface area contributed by atoms with Gasteiger partial charge in [-0.25, -0.2) is 13.4 Å². The standard InChI is InChI=1S/C17H18N4O3S2/c1-11-15(25-12(2)18-11)17-19-16(20-24-17)13-5-7-14(8-6-13)26(22,23)21-9-3-4-10-21/h5-8H,3-4,9-10H2,1-2H3. The number of nitrogens with zero attached hydrogens (tertiary/aromatic N) is 4. The summed E-state index contributed by atoms with van der Waals surface area (Å²) < 4.78 is 32.1. The lowest BCUT2D eigenvalue weighted by Crippen LogP contribution is -2.27. The van der Waals surface area contributed by atoms with Crippen LogP contribution in [0.4, 0.5) is 0 Å². The Kier molecular flexibility index (Phi) is 4.37. The summed E-state index contributed by atoms with van der Waals surface area (Å²) in [6, 6.07) is 6.62. The summed E-state index contributed by atoms with van der Waals surface area (Å²) in [5.41, 5.74) is 1.56. The Labute approximate surface area is 155 Å². The van der Waals surface area contributed by atoms with Gasteiger partial charge in [0.15, 0.2) is 0 Å². The van der Waals surface area contributed by atoms with Crippen LogP contribution in [0, 0.1) is 13.8 Å². The van der Waals surface area contributed by atoms with Crippen molar-refractivity contribution in [3.63, 3.8) is 0 Å². The van der Waals surface area contributed by atoms with Gasteiger partial charge in [0.25, 0.3) is 5.89 Å². The first kappa shape index (κ1) is 17.3. The highest BCUT2D eigenvalue weighted by molar-refractivity contribution is 7.89. The third-order valence-corrected chi connectivity index (χ3v) is 7.31. The van der Waals surface area contributed by atoms with Gasteiger partial charge in [-0.3, -0.25) is 0 Å². The van der Waals surface area contributed by atoms with Gasteiger partial charge in [-0.05, 0) is 51.0 Å². The summed E-state index contributed by atoms with van der Waals surface area (Å²) in [4.78, 5) is 9.94. The lowest BCUT2D eigenvalue weighted by atomic mass is 10.2. The molecule has 4 rings (SSSR count). The fraction of sp³-hybridized carbons (Fsp3) is 0.353. The van der Waals surface area contributed by atoms with Crippen molar-refractivity contribution >= 4 is 21.4 Å². The molecule has 0 aliphatic carbocycles. The van der Waals surface area contributed by atoms with Gasteiger partial charge in [0.1, 0.15) is 4.88 Å². The molecule has 7 nitrogen and oxygen atoms in total. The molecule has 136 valence electrons. The maximum Gasteiger partial charge on any atom is 0.270 e. The van der Waals surface area contributed by atoms with Crippen LogP contribution in [0.3, 0.4) is 0 Å². The Bertz CT molecular complexity index is 1030. The average Bonchev–Trinajstić information content (AvgIpc) is 3.35. The second-order valence-corrected chi connectivity index (χ2v) is 9.35. The zero-order valence-electron chi connectivity index (χ0n) is 14.5. The average molecular weight is 390 g/mol.